The summed E-state index contributed by atoms with van der Waals surface area (Å²) in [6.07, 6.45) is 0.253. The molecule has 1 saturated heterocycles. The van der Waals surface area contributed by atoms with Gasteiger partial charge in [0, 0.05) is 18.8 Å². The van der Waals surface area contributed by atoms with E-state index in [2.05, 4.69) is 5.32 Å². The van der Waals surface area contributed by atoms with E-state index in [-0.39, 0.29) is 5.91 Å². The van der Waals surface area contributed by atoms with Crippen molar-refractivity contribution in [3.63, 3.8) is 0 Å². The van der Waals surface area contributed by atoms with Crippen LogP contribution >= 0.6 is 0 Å². The minimum Gasteiger partial charge on any atom is -0.391 e. The van der Waals surface area contributed by atoms with Gasteiger partial charge >= 0.3 is 0 Å². The number of hydrogen-bond donors (Lipinski definition) is 2. The zero-order valence-electron chi connectivity index (χ0n) is 11.7. The topological polar surface area (TPSA) is 52.6 Å². The Balaban J connectivity index is 1.84. The Bertz CT molecular complexity index is 628. The molecule has 0 radical (unpaired) electrons. The molecular weight excluding hydrogens is 264 g/mol. The van der Waals surface area contributed by atoms with Crippen LogP contribution in [0.3, 0.4) is 0 Å². The fourth-order valence-electron chi connectivity index (χ4n) is 2.55. The Kier molecular flexibility index (Phi) is 3.88. The first-order valence-electron chi connectivity index (χ1n) is 7.12. The van der Waals surface area contributed by atoms with Crippen molar-refractivity contribution in [2.75, 3.05) is 18.4 Å². The lowest BCUT2D eigenvalue weighted by molar-refractivity contribution is 0.0766. The number of anilines is 2. The van der Waals surface area contributed by atoms with Crippen molar-refractivity contribution in [3.8, 4) is 0 Å². The Hall–Kier alpha value is -2.33. The highest BCUT2D eigenvalue weighted by atomic mass is 16.3. The molecule has 1 heterocycles. The third kappa shape index (κ3) is 3.06. The Morgan fingerprint density at radius 1 is 1.10 bits per heavy atom. The highest BCUT2D eigenvalue weighted by molar-refractivity contribution is 6.00. The number of aliphatic hydroxyl groups excluding tert-OH is 1. The summed E-state index contributed by atoms with van der Waals surface area (Å²) in [7, 11) is 0. The number of nitrogens with one attached hydrogen (secondary N) is 1. The fourth-order valence-corrected chi connectivity index (χ4v) is 2.55. The maximum Gasteiger partial charge on any atom is 0.256 e. The van der Waals surface area contributed by atoms with Gasteiger partial charge in [-0.2, -0.15) is 0 Å². The second-order valence-electron chi connectivity index (χ2n) is 5.23. The van der Waals surface area contributed by atoms with Gasteiger partial charge in [0.2, 0.25) is 0 Å². The van der Waals surface area contributed by atoms with E-state index in [1.807, 2.05) is 54.6 Å². The summed E-state index contributed by atoms with van der Waals surface area (Å²) in [5.41, 5.74) is 2.37. The van der Waals surface area contributed by atoms with Crippen LogP contribution in [0.25, 0.3) is 0 Å². The van der Waals surface area contributed by atoms with Crippen molar-refractivity contribution < 1.29 is 9.90 Å². The molecule has 3 rings (SSSR count). The first kappa shape index (κ1) is 13.6. The minimum atomic E-state index is -0.400. The number of hydrogen-bond acceptors (Lipinski definition) is 3. The smallest absolute Gasteiger partial charge is 0.256 e. The number of benzene rings is 2. The number of likely N-dealkylation sites (tertiary alicyclic amines) is 1. The molecule has 4 nitrogen and oxygen atoms in total. The van der Waals surface area contributed by atoms with Gasteiger partial charge in [0.25, 0.3) is 5.91 Å². The summed E-state index contributed by atoms with van der Waals surface area (Å²) in [5, 5.41) is 12.9. The molecule has 0 saturated carbocycles. The van der Waals surface area contributed by atoms with E-state index in [4.69, 9.17) is 0 Å². The number of aliphatic hydroxyl groups is 1. The van der Waals surface area contributed by atoms with Crippen LogP contribution in [0.5, 0.6) is 0 Å². The van der Waals surface area contributed by atoms with Crippen LogP contribution in [-0.4, -0.2) is 35.1 Å². The molecule has 108 valence electrons. The van der Waals surface area contributed by atoms with E-state index in [1.165, 1.54) is 0 Å². The molecule has 0 aromatic heterocycles. The molecule has 2 aromatic rings. The molecule has 1 atom stereocenters. The van der Waals surface area contributed by atoms with Gasteiger partial charge in [-0.05, 0) is 30.7 Å². The van der Waals surface area contributed by atoms with Crippen molar-refractivity contribution in [1.29, 1.82) is 0 Å². The van der Waals surface area contributed by atoms with Gasteiger partial charge in [0.15, 0.2) is 0 Å². The third-order valence-electron chi connectivity index (χ3n) is 3.66. The van der Waals surface area contributed by atoms with Crippen molar-refractivity contribution in [1.82, 2.24) is 4.90 Å². The molecule has 0 spiro atoms. The van der Waals surface area contributed by atoms with Gasteiger partial charge in [-0.25, -0.2) is 0 Å². The number of para-hydroxylation sites is 2. The van der Waals surface area contributed by atoms with Crippen molar-refractivity contribution in [2.24, 2.45) is 0 Å². The second kappa shape index (κ2) is 5.97. The summed E-state index contributed by atoms with van der Waals surface area (Å²) in [6, 6.07) is 17.2. The van der Waals surface area contributed by atoms with Crippen molar-refractivity contribution in [3.05, 3.63) is 60.2 Å². The SMILES string of the molecule is O=C(c1ccccc1Nc1ccccc1)N1CC[C@@H](O)C1. The van der Waals surface area contributed by atoms with E-state index in [0.717, 1.165) is 11.4 Å². The molecule has 0 unspecified atom stereocenters. The number of carbonyl (C=O) groups is 1. The molecule has 0 bridgehead atoms. The molecule has 1 fully saturated rings. The summed E-state index contributed by atoms with van der Waals surface area (Å²) in [4.78, 5) is 14.3. The molecule has 2 N–H and O–H groups in total. The van der Waals surface area contributed by atoms with Gasteiger partial charge < -0.3 is 15.3 Å². The van der Waals surface area contributed by atoms with Gasteiger partial charge in [-0.15, -0.1) is 0 Å². The van der Waals surface area contributed by atoms with Crippen molar-refractivity contribution in [2.45, 2.75) is 12.5 Å². The Morgan fingerprint density at radius 3 is 2.52 bits per heavy atom. The van der Waals surface area contributed by atoms with E-state index >= 15 is 0 Å². The number of carbonyl (C=O) groups excluding carboxylic acids is 1. The highest BCUT2D eigenvalue weighted by Crippen LogP contribution is 2.23. The first-order valence-corrected chi connectivity index (χ1v) is 7.12. The van der Waals surface area contributed by atoms with E-state index in [1.54, 1.807) is 4.90 Å². The molecule has 4 heteroatoms. The van der Waals surface area contributed by atoms with E-state index in [9.17, 15) is 9.90 Å². The number of β-amino-alcohol motifs (C(OH)–C–C–N with tert-alkyl or cyclic N) is 1. The predicted molar refractivity (Wildman–Crippen MR) is 82.7 cm³/mol. The fraction of sp³-hybridized carbons (Fsp3) is 0.235. The van der Waals surface area contributed by atoms with E-state index in [0.29, 0.717) is 25.1 Å². The molecular formula is C17H18N2O2. The van der Waals surface area contributed by atoms with Crippen LogP contribution < -0.4 is 5.32 Å². The van der Waals surface area contributed by atoms with Crippen LogP contribution in [0.1, 0.15) is 16.8 Å². The summed E-state index contributed by atoms with van der Waals surface area (Å²) in [5.74, 6) is -0.0365. The Labute approximate surface area is 124 Å². The lowest BCUT2D eigenvalue weighted by Crippen LogP contribution is -2.30. The molecule has 0 aliphatic carbocycles. The van der Waals surface area contributed by atoms with Crippen molar-refractivity contribution >= 4 is 17.3 Å². The van der Waals surface area contributed by atoms with Crippen LogP contribution in [0.15, 0.2) is 54.6 Å². The van der Waals surface area contributed by atoms with Gasteiger partial charge in [-0.3, -0.25) is 4.79 Å². The van der Waals surface area contributed by atoms with Crippen LogP contribution in [-0.2, 0) is 0 Å². The molecule has 1 amide bonds. The number of nitrogens with zero attached hydrogens (tertiary/aromatic N) is 1. The second-order valence-corrected chi connectivity index (χ2v) is 5.23. The lowest BCUT2D eigenvalue weighted by atomic mass is 10.1. The predicted octanol–water partition coefficient (Wildman–Crippen LogP) is 2.64. The summed E-state index contributed by atoms with van der Waals surface area (Å²) < 4.78 is 0. The quantitative estimate of drug-likeness (QED) is 0.910. The molecule has 1 aliphatic heterocycles. The maximum atomic E-state index is 12.6. The first-order chi connectivity index (χ1) is 10.2. The molecule has 1 aliphatic rings. The van der Waals surface area contributed by atoms with Gasteiger partial charge in [-0.1, -0.05) is 30.3 Å². The highest BCUT2D eigenvalue weighted by Gasteiger charge is 2.26. The third-order valence-corrected chi connectivity index (χ3v) is 3.66. The summed E-state index contributed by atoms with van der Waals surface area (Å²) >= 11 is 0. The number of amides is 1. The molecule has 2 aromatic carbocycles. The van der Waals surface area contributed by atoms with Crippen LogP contribution in [0.4, 0.5) is 11.4 Å². The van der Waals surface area contributed by atoms with Gasteiger partial charge in [0.05, 0.1) is 17.4 Å². The zero-order chi connectivity index (χ0) is 14.7. The monoisotopic (exact) mass is 282 g/mol. The normalized spacial score (nSPS) is 17.8. The lowest BCUT2D eigenvalue weighted by Gasteiger charge is -2.18. The molecule has 21 heavy (non-hydrogen) atoms. The standard InChI is InChI=1S/C17H18N2O2/c20-14-10-11-19(12-14)17(21)15-8-4-5-9-16(15)18-13-6-2-1-3-7-13/h1-9,14,18,20H,10-12H2/t14-/m1/s1. The summed E-state index contributed by atoms with van der Waals surface area (Å²) in [6.45, 7) is 1.03. The van der Waals surface area contributed by atoms with E-state index < -0.39 is 6.10 Å². The van der Waals surface area contributed by atoms with Gasteiger partial charge in [0.1, 0.15) is 0 Å². The Morgan fingerprint density at radius 2 is 1.81 bits per heavy atom. The minimum absolute atomic E-state index is 0.0365. The van der Waals surface area contributed by atoms with Crippen LogP contribution in [0.2, 0.25) is 0 Å². The number of rotatable bonds is 3. The zero-order valence-corrected chi connectivity index (χ0v) is 11.7. The maximum absolute atomic E-state index is 12.6. The largest absolute Gasteiger partial charge is 0.391 e. The average Bonchev–Trinajstić information content (AvgIpc) is 2.95. The van der Waals surface area contributed by atoms with Crippen LogP contribution in [0, 0.1) is 0 Å². The average molecular weight is 282 g/mol.